The highest BCUT2D eigenvalue weighted by atomic mass is 16.5. The molecule has 3 heterocycles. The molecule has 4 bridgehead atoms. The number of amides is 1. The standard InChI is InChI=1S/C24H32N4O2/c29-23(26-15-24-9-16-6-17(10-24)8-18(7-16)11-24)21-2-1-3-22-27-19(13-28(21)22)14-30-20-4-5-25-12-20/h1-3,13,16-18,20,25H,4-12,14-15H2,(H,26,29). The zero-order valence-corrected chi connectivity index (χ0v) is 17.6. The van der Waals surface area contributed by atoms with E-state index in [1.54, 1.807) is 0 Å². The average molecular weight is 409 g/mol. The first-order valence-corrected chi connectivity index (χ1v) is 11.7. The number of imidazole rings is 1. The van der Waals surface area contributed by atoms with Crippen LogP contribution in [0.2, 0.25) is 0 Å². The quantitative estimate of drug-likeness (QED) is 0.771. The van der Waals surface area contributed by atoms with E-state index in [2.05, 4.69) is 15.6 Å². The van der Waals surface area contributed by atoms with Gasteiger partial charge in [0.2, 0.25) is 0 Å². The summed E-state index contributed by atoms with van der Waals surface area (Å²) in [4.78, 5) is 17.8. The lowest BCUT2D eigenvalue weighted by Gasteiger charge is -2.56. The van der Waals surface area contributed by atoms with Gasteiger partial charge >= 0.3 is 0 Å². The van der Waals surface area contributed by atoms with Crippen LogP contribution in [0.5, 0.6) is 0 Å². The van der Waals surface area contributed by atoms with Crippen molar-refractivity contribution in [3.63, 3.8) is 0 Å². The molecule has 1 amide bonds. The Bertz CT molecular complexity index is 911. The summed E-state index contributed by atoms with van der Waals surface area (Å²) in [6, 6.07) is 5.78. The van der Waals surface area contributed by atoms with Crippen molar-refractivity contribution >= 4 is 11.6 Å². The summed E-state index contributed by atoms with van der Waals surface area (Å²) < 4.78 is 7.88. The number of hydrogen-bond acceptors (Lipinski definition) is 4. The predicted molar refractivity (Wildman–Crippen MR) is 114 cm³/mol. The van der Waals surface area contributed by atoms with Gasteiger partial charge in [0, 0.05) is 19.3 Å². The lowest BCUT2D eigenvalue weighted by molar-refractivity contribution is -0.0503. The van der Waals surface area contributed by atoms with E-state index >= 15 is 0 Å². The minimum absolute atomic E-state index is 0.0150. The number of fused-ring (bicyclic) bond motifs is 1. The van der Waals surface area contributed by atoms with Crippen molar-refractivity contribution in [1.29, 1.82) is 0 Å². The van der Waals surface area contributed by atoms with Gasteiger partial charge in [-0.25, -0.2) is 4.98 Å². The van der Waals surface area contributed by atoms with Gasteiger partial charge in [-0.3, -0.25) is 9.20 Å². The van der Waals surface area contributed by atoms with Gasteiger partial charge in [0.05, 0.1) is 18.4 Å². The van der Waals surface area contributed by atoms with Crippen LogP contribution in [-0.4, -0.2) is 41.0 Å². The van der Waals surface area contributed by atoms with Crippen LogP contribution in [0.3, 0.4) is 0 Å². The molecule has 1 saturated heterocycles. The van der Waals surface area contributed by atoms with Crippen LogP contribution in [0.4, 0.5) is 0 Å². The molecular formula is C24H32N4O2. The Morgan fingerprint density at radius 2 is 1.97 bits per heavy atom. The lowest BCUT2D eigenvalue weighted by Crippen LogP contribution is -2.51. The van der Waals surface area contributed by atoms with E-state index in [1.165, 1.54) is 38.5 Å². The van der Waals surface area contributed by atoms with Crippen molar-refractivity contribution < 1.29 is 9.53 Å². The molecule has 0 radical (unpaired) electrons. The third kappa shape index (κ3) is 3.44. The summed E-state index contributed by atoms with van der Waals surface area (Å²) in [5.74, 6) is 2.73. The molecule has 0 aromatic carbocycles. The molecule has 1 unspecified atom stereocenters. The van der Waals surface area contributed by atoms with E-state index in [0.29, 0.717) is 17.7 Å². The van der Waals surface area contributed by atoms with E-state index in [4.69, 9.17) is 4.74 Å². The number of hydrogen-bond donors (Lipinski definition) is 2. The van der Waals surface area contributed by atoms with Gasteiger partial charge in [-0.05, 0) is 86.8 Å². The van der Waals surface area contributed by atoms with Crippen LogP contribution in [0, 0.1) is 23.2 Å². The molecule has 4 aliphatic carbocycles. The first-order chi connectivity index (χ1) is 14.7. The fourth-order valence-corrected chi connectivity index (χ4v) is 7.15. The molecule has 5 aliphatic rings. The Balaban J connectivity index is 1.15. The number of pyridine rings is 1. The van der Waals surface area contributed by atoms with Gasteiger partial charge in [0.25, 0.3) is 5.91 Å². The summed E-state index contributed by atoms with van der Waals surface area (Å²) in [5.41, 5.74) is 2.70. The molecule has 1 aliphatic heterocycles. The smallest absolute Gasteiger partial charge is 0.268 e. The predicted octanol–water partition coefficient (Wildman–Crippen LogP) is 3.16. The lowest BCUT2D eigenvalue weighted by atomic mass is 9.49. The largest absolute Gasteiger partial charge is 0.370 e. The highest BCUT2D eigenvalue weighted by Crippen LogP contribution is 2.59. The summed E-state index contributed by atoms with van der Waals surface area (Å²) in [5, 5.41) is 6.62. The molecule has 2 aromatic heterocycles. The summed E-state index contributed by atoms with van der Waals surface area (Å²) in [6.07, 6.45) is 11.5. The Morgan fingerprint density at radius 3 is 2.67 bits per heavy atom. The second-order valence-electron chi connectivity index (χ2n) is 10.4. The van der Waals surface area contributed by atoms with Gasteiger partial charge in [-0.2, -0.15) is 0 Å². The maximum absolute atomic E-state index is 13.1. The SMILES string of the molecule is O=C(NCC12CC3CC(CC(C3)C1)C2)c1cccc2nc(COC3CCNC3)cn12. The van der Waals surface area contributed by atoms with Crippen LogP contribution in [-0.2, 0) is 11.3 Å². The molecule has 5 fully saturated rings. The molecule has 30 heavy (non-hydrogen) atoms. The molecule has 160 valence electrons. The van der Waals surface area contributed by atoms with Crippen molar-refractivity contribution in [1.82, 2.24) is 20.0 Å². The second-order valence-corrected chi connectivity index (χ2v) is 10.4. The summed E-state index contributed by atoms with van der Waals surface area (Å²) >= 11 is 0. The zero-order chi connectivity index (χ0) is 20.1. The minimum Gasteiger partial charge on any atom is -0.370 e. The van der Waals surface area contributed by atoms with Crippen molar-refractivity contribution in [2.24, 2.45) is 23.2 Å². The third-order valence-corrected chi connectivity index (χ3v) is 8.05. The minimum atomic E-state index is 0.0150. The Morgan fingerprint density at radius 1 is 1.20 bits per heavy atom. The molecule has 6 heteroatoms. The normalized spacial score (nSPS) is 34.7. The van der Waals surface area contributed by atoms with E-state index in [1.807, 2.05) is 28.8 Å². The second kappa shape index (κ2) is 7.34. The van der Waals surface area contributed by atoms with Gasteiger partial charge < -0.3 is 15.4 Å². The molecule has 2 aromatic rings. The van der Waals surface area contributed by atoms with Crippen LogP contribution in [0.15, 0.2) is 24.4 Å². The molecular weight excluding hydrogens is 376 g/mol. The van der Waals surface area contributed by atoms with Crippen molar-refractivity contribution in [2.75, 3.05) is 19.6 Å². The van der Waals surface area contributed by atoms with Gasteiger partial charge in [-0.15, -0.1) is 0 Å². The summed E-state index contributed by atoms with van der Waals surface area (Å²) in [6.45, 7) is 3.24. The number of carbonyl (C=O) groups excluding carboxylic acids is 1. The molecule has 4 saturated carbocycles. The third-order valence-electron chi connectivity index (χ3n) is 8.05. The Hall–Kier alpha value is -1.92. The van der Waals surface area contributed by atoms with Gasteiger partial charge in [0.1, 0.15) is 11.3 Å². The number of nitrogens with one attached hydrogen (secondary N) is 2. The maximum atomic E-state index is 13.1. The van der Waals surface area contributed by atoms with Crippen LogP contribution < -0.4 is 10.6 Å². The van der Waals surface area contributed by atoms with E-state index in [9.17, 15) is 4.79 Å². The van der Waals surface area contributed by atoms with Crippen LogP contribution in [0.25, 0.3) is 5.65 Å². The highest BCUT2D eigenvalue weighted by molar-refractivity contribution is 5.93. The molecule has 7 rings (SSSR count). The summed E-state index contributed by atoms with van der Waals surface area (Å²) in [7, 11) is 0. The molecule has 1 atom stereocenters. The highest BCUT2D eigenvalue weighted by Gasteiger charge is 2.50. The van der Waals surface area contributed by atoms with E-state index < -0.39 is 0 Å². The van der Waals surface area contributed by atoms with Gasteiger partial charge in [0.15, 0.2) is 0 Å². The number of ether oxygens (including phenoxy) is 1. The topological polar surface area (TPSA) is 67.7 Å². The Kier molecular flexibility index (Phi) is 4.61. The number of rotatable bonds is 6. The maximum Gasteiger partial charge on any atom is 0.268 e. The number of carbonyl (C=O) groups is 1. The van der Waals surface area contributed by atoms with Crippen molar-refractivity contribution in [3.8, 4) is 0 Å². The van der Waals surface area contributed by atoms with Crippen LogP contribution >= 0.6 is 0 Å². The van der Waals surface area contributed by atoms with Crippen LogP contribution in [0.1, 0.15) is 61.1 Å². The first kappa shape index (κ1) is 18.8. The first-order valence-electron chi connectivity index (χ1n) is 11.7. The van der Waals surface area contributed by atoms with E-state index in [0.717, 1.165) is 55.1 Å². The Labute approximate surface area is 177 Å². The fourth-order valence-electron chi connectivity index (χ4n) is 7.15. The van der Waals surface area contributed by atoms with E-state index in [-0.39, 0.29) is 12.0 Å². The molecule has 6 nitrogen and oxygen atoms in total. The number of aromatic nitrogens is 2. The monoisotopic (exact) mass is 408 g/mol. The van der Waals surface area contributed by atoms with Crippen molar-refractivity contribution in [3.05, 3.63) is 35.8 Å². The molecule has 2 N–H and O–H groups in total. The molecule has 0 spiro atoms. The zero-order valence-electron chi connectivity index (χ0n) is 17.6. The van der Waals surface area contributed by atoms with Crippen molar-refractivity contribution in [2.45, 2.75) is 57.7 Å². The van der Waals surface area contributed by atoms with Gasteiger partial charge in [-0.1, -0.05) is 6.07 Å². The fraction of sp³-hybridized carbons (Fsp3) is 0.667. The number of nitrogens with zero attached hydrogens (tertiary/aromatic N) is 2. The average Bonchev–Trinajstić information content (AvgIpc) is 3.38.